The second kappa shape index (κ2) is 14.2. The summed E-state index contributed by atoms with van der Waals surface area (Å²) >= 11 is 4.19. The maximum Gasteiger partial charge on any atom is 0.408 e. The van der Waals surface area contributed by atoms with Gasteiger partial charge >= 0.3 is 12.1 Å². The fraction of sp³-hybridized carbons (Fsp3) is 0.500. The Kier molecular flexibility index (Phi) is 12.1. The molecule has 0 aliphatic carbocycles. The number of carbonyl (C=O) groups is 4. The molecule has 3 amide bonds. The molecule has 0 heterocycles. The molecule has 1 aromatic rings. The van der Waals surface area contributed by atoms with Gasteiger partial charge in [-0.1, -0.05) is 18.2 Å². The highest BCUT2D eigenvalue weighted by molar-refractivity contribution is 7.80. The Morgan fingerprint density at radius 2 is 1.83 bits per heavy atom. The largest absolute Gasteiger partial charge is 0.508 e. The Balaban J connectivity index is 3.22. The molecule has 11 heteroatoms. The van der Waals surface area contributed by atoms with Crippen molar-refractivity contribution in [3.8, 4) is 5.75 Å². The van der Waals surface area contributed by atoms with E-state index in [9.17, 15) is 24.3 Å². The lowest BCUT2D eigenvalue weighted by atomic mass is 10.0. The van der Waals surface area contributed by atoms with Gasteiger partial charge in [-0.25, -0.2) is 4.79 Å². The summed E-state index contributed by atoms with van der Waals surface area (Å²) < 4.78 is 10.1. The highest BCUT2D eigenvalue weighted by atomic mass is 32.1. The quantitative estimate of drug-likeness (QED) is 0.193. The van der Waals surface area contributed by atoms with E-state index in [-0.39, 0.29) is 37.6 Å². The second-order valence-corrected chi connectivity index (χ2v) is 8.87. The number of amides is 3. The number of rotatable bonds is 12. The maximum absolute atomic E-state index is 13.5. The van der Waals surface area contributed by atoms with Crippen LogP contribution in [-0.2, 0) is 23.9 Å². The zero-order valence-corrected chi connectivity index (χ0v) is 21.5. The van der Waals surface area contributed by atoms with Gasteiger partial charge in [-0.3, -0.25) is 14.4 Å². The molecule has 0 aliphatic heterocycles. The third-order valence-electron chi connectivity index (χ3n) is 4.48. The summed E-state index contributed by atoms with van der Waals surface area (Å²) in [6, 6.07) is 3.54. The zero-order valence-electron chi connectivity index (χ0n) is 20.6. The van der Waals surface area contributed by atoms with E-state index in [0.29, 0.717) is 5.56 Å². The molecule has 3 N–H and O–H groups in total. The first-order valence-corrected chi connectivity index (χ1v) is 11.8. The van der Waals surface area contributed by atoms with Gasteiger partial charge in [0, 0.05) is 18.8 Å². The van der Waals surface area contributed by atoms with Crippen molar-refractivity contribution in [2.75, 3.05) is 25.4 Å². The fourth-order valence-corrected chi connectivity index (χ4v) is 3.29. The average molecular weight is 510 g/mol. The minimum Gasteiger partial charge on any atom is -0.508 e. The van der Waals surface area contributed by atoms with Crippen LogP contribution in [0.4, 0.5) is 4.79 Å². The van der Waals surface area contributed by atoms with Crippen LogP contribution in [0.2, 0.25) is 0 Å². The van der Waals surface area contributed by atoms with Gasteiger partial charge in [0.15, 0.2) is 0 Å². The highest BCUT2D eigenvalue weighted by Gasteiger charge is 2.35. The standard InChI is InChI=1S/C24H35N3O7S/c1-6-14-27(22(31)18(15-35)26-23(32)34-24(3,4)5)20(16-8-10-17(28)11-9-16)21(30)25-13-12-19(29)33-7-2/h6,8-11,18,20,28,35H,1,7,12-15H2,2-5H3,(H,25,30)(H,26,32). The topological polar surface area (TPSA) is 134 Å². The van der Waals surface area contributed by atoms with Gasteiger partial charge in [0.1, 0.15) is 23.4 Å². The van der Waals surface area contributed by atoms with Gasteiger partial charge in [0.05, 0.1) is 13.0 Å². The second-order valence-electron chi connectivity index (χ2n) is 8.50. The summed E-state index contributed by atoms with van der Waals surface area (Å²) in [7, 11) is 0. The predicted molar refractivity (Wildman–Crippen MR) is 134 cm³/mol. The van der Waals surface area contributed by atoms with Crippen LogP contribution in [0.25, 0.3) is 0 Å². The molecule has 0 aromatic heterocycles. The Bertz CT molecular complexity index is 884. The molecule has 2 atom stereocenters. The molecule has 10 nitrogen and oxygen atoms in total. The molecule has 35 heavy (non-hydrogen) atoms. The molecule has 0 saturated carbocycles. The lowest BCUT2D eigenvalue weighted by Gasteiger charge is -2.33. The number of ether oxygens (including phenoxy) is 2. The molecule has 0 fully saturated rings. The number of thiol groups is 1. The number of carbonyl (C=O) groups excluding carboxylic acids is 4. The molecular weight excluding hydrogens is 474 g/mol. The van der Waals surface area contributed by atoms with Gasteiger partial charge < -0.3 is 30.1 Å². The number of phenolic OH excluding ortho intramolecular Hbond substituents is 1. The molecule has 194 valence electrons. The molecule has 0 radical (unpaired) electrons. The monoisotopic (exact) mass is 509 g/mol. The van der Waals surface area contributed by atoms with Crippen molar-refractivity contribution < 1.29 is 33.8 Å². The van der Waals surface area contributed by atoms with E-state index in [1.807, 2.05) is 0 Å². The van der Waals surface area contributed by atoms with Crippen LogP contribution in [0.15, 0.2) is 36.9 Å². The number of alkyl carbamates (subject to hydrolysis) is 1. The van der Waals surface area contributed by atoms with E-state index in [1.165, 1.54) is 35.2 Å². The van der Waals surface area contributed by atoms with Crippen molar-refractivity contribution in [2.45, 2.75) is 51.8 Å². The van der Waals surface area contributed by atoms with Crippen LogP contribution in [-0.4, -0.2) is 71.0 Å². The number of nitrogens with one attached hydrogen (secondary N) is 2. The Labute approximate surface area is 211 Å². The summed E-state index contributed by atoms with van der Waals surface area (Å²) in [6.45, 7) is 10.6. The first-order chi connectivity index (χ1) is 16.4. The predicted octanol–water partition coefficient (Wildman–Crippen LogP) is 2.34. The van der Waals surface area contributed by atoms with Crippen molar-refractivity contribution in [3.05, 3.63) is 42.5 Å². The molecule has 1 aromatic carbocycles. The first kappa shape index (κ1) is 29.8. The molecule has 0 saturated heterocycles. The number of phenols is 1. The Morgan fingerprint density at radius 1 is 1.20 bits per heavy atom. The van der Waals surface area contributed by atoms with Crippen molar-refractivity contribution >= 4 is 36.5 Å². The van der Waals surface area contributed by atoms with Crippen molar-refractivity contribution in [3.63, 3.8) is 0 Å². The van der Waals surface area contributed by atoms with E-state index in [2.05, 4.69) is 29.8 Å². The fourth-order valence-electron chi connectivity index (χ4n) is 3.04. The first-order valence-electron chi connectivity index (χ1n) is 11.2. The van der Waals surface area contributed by atoms with E-state index >= 15 is 0 Å². The Hall–Kier alpha value is -3.21. The number of aromatic hydroxyl groups is 1. The highest BCUT2D eigenvalue weighted by Crippen LogP contribution is 2.24. The summed E-state index contributed by atoms with van der Waals surface area (Å²) in [4.78, 5) is 51.8. The van der Waals surface area contributed by atoms with Crippen LogP contribution in [0.5, 0.6) is 5.75 Å². The molecular formula is C24H35N3O7S. The summed E-state index contributed by atoms with van der Waals surface area (Å²) in [5, 5.41) is 14.8. The third-order valence-corrected chi connectivity index (χ3v) is 4.85. The van der Waals surface area contributed by atoms with Crippen LogP contribution < -0.4 is 10.6 Å². The lowest BCUT2D eigenvalue weighted by molar-refractivity contribution is -0.144. The van der Waals surface area contributed by atoms with Crippen LogP contribution >= 0.6 is 12.6 Å². The summed E-state index contributed by atoms with van der Waals surface area (Å²) in [5.74, 6) is -1.70. The number of esters is 1. The molecule has 0 bridgehead atoms. The SMILES string of the molecule is C=CCN(C(=O)C(CS)NC(=O)OC(C)(C)C)C(C(=O)NCCC(=O)OCC)c1ccc(O)cc1. The van der Waals surface area contributed by atoms with Crippen molar-refractivity contribution in [1.82, 2.24) is 15.5 Å². The van der Waals surface area contributed by atoms with Crippen molar-refractivity contribution in [1.29, 1.82) is 0 Å². The van der Waals surface area contributed by atoms with Crippen LogP contribution in [0.3, 0.4) is 0 Å². The zero-order chi connectivity index (χ0) is 26.6. The molecule has 1 rings (SSSR count). The smallest absolute Gasteiger partial charge is 0.408 e. The molecule has 0 aliphatic rings. The van der Waals surface area contributed by atoms with Crippen LogP contribution in [0.1, 0.15) is 45.7 Å². The van der Waals surface area contributed by atoms with Gasteiger partial charge in [-0.15, -0.1) is 6.58 Å². The van der Waals surface area contributed by atoms with E-state index in [4.69, 9.17) is 9.47 Å². The van der Waals surface area contributed by atoms with Crippen molar-refractivity contribution in [2.24, 2.45) is 0 Å². The van der Waals surface area contributed by atoms with Crippen LogP contribution in [0, 0.1) is 0 Å². The normalized spacial score (nSPS) is 12.6. The third kappa shape index (κ3) is 10.3. The molecule has 2 unspecified atom stereocenters. The minimum absolute atomic E-state index is 0.00543. The lowest BCUT2D eigenvalue weighted by Crippen LogP contribution is -2.54. The van der Waals surface area contributed by atoms with Gasteiger partial charge in [0.2, 0.25) is 11.8 Å². The maximum atomic E-state index is 13.5. The summed E-state index contributed by atoms with van der Waals surface area (Å²) in [5.41, 5.74) is -0.371. The van der Waals surface area contributed by atoms with E-state index in [1.54, 1.807) is 27.7 Å². The number of benzene rings is 1. The minimum atomic E-state index is -1.15. The summed E-state index contributed by atoms with van der Waals surface area (Å²) in [6.07, 6.45) is 0.598. The number of hydrogen-bond acceptors (Lipinski definition) is 8. The Morgan fingerprint density at radius 3 is 2.34 bits per heavy atom. The van der Waals surface area contributed by atoms with E-state index < -0.39 is 41.6 Å². The van der Waals surface area contributed by atoms with Gasteiger partial charge in [0.25, 0.3) is 0 Å². The van der Waals surface area contributed by atoms with Gasteiger partial charge in [-0.2, -0.15) is 12.6 Å². The molecule has 0 spiro atoms. The number of nitrogens with zero attached hydrogens (tertiary/aromatic N) is 1. The van der Waals surface area contributed by atoms with E-state index in [0.717, 1.165) is 0 Å². The van der Waals surface area contributed by atoms with Gasteiger partial charge in [-0.05, 0) is 45.4 Å². The number of hydrogen-bond donors (Lipinski definition) is 4. The average Bonchev–Trinajstić information content (AvgIpc) is 2.77.